The number of aryl methyl sites for hydroxylation is 1. The number of nitrogens with zero attached hydrogens (tertiary/aromatic N) is 6. The van der Waals surface area contributed by atoms with Gasteiger partial charge in [0, 0.05) is 48.1 Å². The van der Waals surface area contributed by atoms with Crippen LogP contribution in [0.1, 0.15) is 60.3 Å². The molecule has 221 valence electrons. The van der Waals surface area contributed by atoms with Gasteiger partial charge < -0.3 is 37.4 Å². The number of aliphatic hydroxyl groups is 1. The molecule has 0 saturated heterocycles. The number of hydrogen-bond acceptors (Lipinski definition) is 10. The summed E-state index contributed by atoms with van der Waals surface area (Å²) in [5, 5.41) is 52.3. The van der Waals surface area contributed by atoms with Gasteiger partial charge >= 0.3 is 0 Å². The maximum Gasteiger partial charge on any atom is 0.101 e. The van der Waals surface area contributed by atoms with Gasteiger partial charge in [-0.25, -0.2) is 0 Å². The molecule has 0 aliphatic heterocycles. The molecule has 0 amide bonds. The van der Waals surface area contributed by atoms with Crippen molar-refractivity contribution in [1.29, 1.82) is 0 Å². The molecule has 0 spiro atoms. The summed E-state index contributed by atoms with van der Waals surface area (Å²) < 4.78 is 2.18. The molecule has 0 bridgehead atoms. The largest absolute Gasteiger partial charge is 0.425 e. The van der Waals surface area contributed by atoms with Crippen molar-refractivity contribution in [1.82, 2.24) is 9.55 Å². The zero-order chi connectivity index (χ0) is 29.2. The third kappa shape index (κ3) is 25.9. The predicted octanol–water partition coefficient (Wildman–Crippen LogP) is 5.64. The van der Waals surface area contributed by atoms with Gasteiger partial charge in [-0.3, -0.25) is 4.98 Å². The third-order valence-electron chi connectivity index (χ3n) is 4.87. The summed E-state index contributed by atoms with van der Waals surface area (Å²) in [7, 11) is 0. The van der Waals surface area contributed by atoms with E-state index < -0.39 is 6.10 Å². The maximum absolute atomic E-state index is 9.03. The second-order valence-corrected chi connectivity index (χ2v) is 8.07. The number of rotatable bonds is 9. The van der Waals surface area contributed by atoms with Crippen LogP contribution in [0.2, 0.25) is 0 Å². The zero-order valence-corrected chi connectivity index (χ0v) is 24.4. The van der Waals surface area contributed by atoms with Crippen molar-refractivity contribution < 1.29 is 42.7 Å². The van der Waals surface area contributed by atoms with E-state index >= 15 is 0 Å². The number of allylic oxidation sites excluding steroid dienone is 2. The van der Waals surface area contributed by atoms with Gasteiger partial charge in [0.1, 0.15) is 22.8 Å². The first kappa shape index (κ1) is 40.0. The molecule has 2 heterocycles. The molecule has 1 atom stereocenters. The van der Waals surface area contributed by atoms with Gasteiger partial charge in [-0.2, -0.15) is 0 Å². The van der Waals surface area contributed by atoms with Crippen LogP contribution in [0.3, 0.4) is 0 Å². The smallest absolute Gasteiger partial charge is 0.101 e. The Balaban J connectivity index is -0.000000478. The molecule has 2 aromatic rings. The van der Waals surface area contributed by atoms with E-state index in [1.165, 1.54) is 33.3 Å². The third-order valence-corrected chi connectivity index (χ3v) is 4.87. The van der Waals surface area contributed by atoms with Crippen molar-refractivity contribution in [3.63, 3.8) is 0 Å². The van der Waals surface area contributed by atoms with Gasteiger partial charge in [-0.05, 0) is 78.1 Å². The average molecular weight is 591 g/mol. The van der Waals surface area contributed by atoms with Crippen LogP contribution in [0, 0.1) is 6.92 Å². The molecule has 0 saturated carbocycles. The molecular weight excluding hydrogens is 547 g/mol. The quantitative estimate of drug-likeness (QED) is 0.0832. The zero-order valence-electron chi connectivity index (χ0n) is 23.3. The van der Waals surface area contributed by atoms with E-state index in [4.69, 9.17) is 25.9 Å². The molecule has 12 heteroatoms. The first-order valence-electron chi connectivity index (χ1n) is 12.0. The van der Waals surface area contributed by atoms with E-state index in [-0.39, 0.29) is 16.8 Å². The molecule has 11 nitrogen and oxygen atoms in total. The first-order chi connectivity index (χ1) is 18.1. The maximum atomic E-state index is 9.03. The number of pyridine rings is 1. The average Bonchev–Trinajstić information content (AvgIpc) is 3.46. The fourth-order valence-electron chi connectivity index (χ4n) is 2.30. The van der Waals surface area contributed by atoms with Gasteiger partial charge in [0.2, 0.25) is 0 Å². The van der Waals surface area contributed by atoms with Crippen molar-refractivity contribution in [2.24, 2.45) is 20.6 Å². The minimum absolute atomic E-state index is 0. The summed E-state index contributed by atoms with van der Waals surface area (Å²) >= 11 is 0. The van der Waals surface area contributed by atoms with Crippen molar-refractivity contribution in [2.75, 3.05) is 0 Å². The van der Waals surface area contributed by atoms with E-state index in [1.807, 2.05) is 30.3 Å². The number of hydrogen-bond donors (Lipinski definition) is 5. The van der Waals surface area contributed by atoms with E-state index in [1.54, 1.807) is 12.4 Å². The van der Waals surface area contributed by atoms with Crippen LogP contribution in [0.15, 0.2) is 87.4 Å². The molecule has 0 aromatic carbocycles. The Labute approximate surface area is 242 Å². The van der Waals surface area contributed by atoms with Gasteiger partial charge in [0.25, 0.3) is 0 Å². The first-order valence-corrected chi connectivity index (χ1v) is 12.0. The molecule has 39 heavy (non-hydrogen) atoms. The number of aliphatic hydroxyl groups excluding tert-OH is 1. The molecule has 0 fully saturated rings. The summed E-state index contributed by atoms with van der Waals surface area (Å²) in [6, 6.07) is 9.81. The van der Waals surface area contributed by atoms with E-state index in [9.17, 15) is 0 Å². The van der Waals surface area contributed by atoms with Crippen LogP contribution in [-0.4, -0.2) is 64.4 Å². The van der Waals surface area contributed by atoms with Crippen molar-refractivity contribution in [3.05, 3.63) is 73.7 Å². The standard InChI is InChI=1S/C14H22NO.C5H5N.2C4H8N2O2.Co/c1-13(7-5-9-14(2)16)8-6-12-15-10-3-4-11-15;1-2-4-6-5-3-1;2*1-3(5-7)4(2)6-8;/h3-4,8,10-11,14,16H,2,5-7,9,12H2,1H3;1-5H;2*7-8H,1-2H3;/q-1;;;;/b13-8+;;2*5-3+,6-4+;. The molecular formula is C27H43CoN6O5-. The minimum atomic E-state index is -0.410. The summed E-state index contributed by atoms with van der Waals surface area (Å²) in [5.41, 5.74) is 2.66. The summed E-state index contributed by atoms with van der Waals surface area (Å²) in [6.07, 6.45) is 13.5. The van der Waals surface area contributed by atoms with Crippen LogP contribution < -0.4 is 0 Å². The minimum Gasteiger partial charge on any atom is -0.425 e. The topological polar surface area (TPSA) is 168 Å². The van der Waals surface area contributed by atoms with E-state index in [0.717, 1.165) is 32.2 Å². The fourth-order valence-corrected chi connectivity index (χ4v) is 2.30. The summed E-state index contributed by atoms with van der Waals surface area (Å²) in [6.45, 7) is 12.9. The Hall–Kier alpha value is -3.48. The van der Waals surface area contributed by atoms with Gasteiger partial charge in [-0.15, -0.1) is 0 Å². The Morgan fingerprint density at radius 1 is 0.795 bits per heavy atom. The Kier molecular flexibility index (Phi) is 28.3. The molecule has 0 aliphatic carbocycles. The van der Waals surface area contributed by atoms with Crippen molar-refractivity contribution in [2.45, 2.75) is 73.0 Å². The number of oxime groups is 4. The van der Waals surface area contributed by atoms with E-state index in [0.29, 0.717) is 22.8 Å². The van der Waals surface area contributed by atoms with Crippen LogP contribution >= 0.6 is 0 Å². The molecule has 1 unspecified atom stereocenters. The molecule has 5 N–H and O–H groups in total. The molecule has 2 aromatic heterocycles. The molecule has 1 radical (unpaired) electrons. The Morgan fingerprint density at radius 2 is 1.23 bits per heavy atom. The van der Waals surface area contributed by atoms with Crippen LogP contribution in [0.25, 0.3) is 0 Å². The van der Waals surface area contributed by atoms with Crippen LogP contribution in [0.5, 0.6) is 0 Å². The number of aromatic nitrogens is 2. The molecule has 0 aliphatic rings. The Bertz CT molecular complexity index is 885. The molecule has 2 rings (SSSR count). The summed E-state index contributed by atoms with van der Waals surface area (Å²) in [5.74, 6) is 0. The van der Waals surface area contributed by atoms with Crippen LogP contribution in [0.4, 0.5) is 0 Å². The second kappa shape index (κ2) is 27.5. The van der Waals surface area contributed by atoms with E-state index in [2.05, 4.69) is 62.5 Å². The van der Waals surface area contributed by atoms with Gasteiger partial charge in [0.15, 0.2) is 0 Å². The Morgan fingerprint density at radius 3 is 1.54 bits per heavy atom. The van der Waals surface area contributed by atoms with Gasteiger partial charge in [0.05, 0.1) is 0 Å². The van der Waals surface area contributed by atoms with Crippen LogP contribution in [-0.2, 0) is 23.3 Å². The van der Waals surface area contributed by atoms with Gasteiger partial charge in [-0.1, -0.05) is 50.9 Å². The van der Waals surface area contributed by atoms with Crippen molar-refractivity contribution >= 4 is 22.8 Å². The SMILES string of the molecule is CC(=N\O)/C(C)=N/O.CC(=N\O)/C(C)=N/O.[CH2-]C(O)CCC/C(C)=C/CCn1cccc1.[Co].c1ccncc1. The second-order valence-electron chi connectivity index (χ2n) is 8.07. The normalized spacial score (nSPS) is 12.8. The summed E-state index contributed by atoms with van der Waals surface area (Å²) in [4.78, 5) is 3.78. The fraction of sp³-hybridized carbons (Fsp3) is 0.407. The van der Waals surface area contributed by atoms with Crippen molar-refractivity contribution in [3.8, 4) is 0 Å². The monoisotopic (exact) mass is 590 g/mol. The predicted molar refractivity (Wildman–Crippen MR) is 152 cm³/mol.